The van der Waals surface area contributed by atoms with Crippen LogP contribution in [-0.4, -0.2) is 15.0 Å². The Kier molecular flexibility index (Phi) is 6.23. The van der Waals surface area contributed by atoms with Crippen LogP contribution in [0.4, 0.5) is 0 Å². The van der Waals surface area contributed by atoms with Crippen LogP contribution in [0.3, 0.4) is 0 Å². The van der Waals surface area contributed by atoms with Crippen LogP contribution in [0.2, 0.25) is 0 Å². The molecule has 1 atom stereocenters. The topological polar surface area (TPSA) is 75.6 Å². The molecule has 49 heavy (non-hydrogen) atoms. The molecule has 5 nitrogen and oxygen atoms in total. The Labute approximate surface area is 284 Å². The number of nitriles is 1. The predicted molar refractivity (Wildman–Crippen MR) is 194 cm³/mol. The van der Waals surface area contributed by atoms with Crippen molar-refractivity contribution in [2.75, 3.05) is 0 Å². The third-order valence-corrected chi connectivity index (χ3v) is 11.1. The van der Waals surface area contributed by atoms with E-state index in [4.69, 9.17) is 19.4 Å². The van der Waals surface area contributed by atoms with Crippen LogP contribution in [0.25, 0.3) is 61.9 Å². The van der Waals surface area contributed by atoms with E-state index in [1.165, 1.54) is 39.8 Å². The summed E-state index contributed by atoms with van der Waals surface area (Å²) in [5, 5.41) is 12.4. The molecular weight excluding hydrogens is 601 g/mol. The summed E-state index contributed by atoms with van der Waals surface area (Å²) >= 11 is 0. The molecule has 0 saturated heterocycles. The molecule has 10 rings (SSSR count). The smallest absolute Gasteiger partial charge is 0.163 e. The van der Waals surface area contributed by atoms with Crippen LogP contribution < -0.4 is 0 Å². The highest BCUT2D eigenvalue weighted by Crippen LogP contribution is 2.57. The second-order valence-corrected chi connectivity index (χ2v) is 13.8. The van der Waals surface area contributed by atoms with Crippen molar-refractivity contribution in [3.8, 4) is 40.0 Å². The van der Waals surface area contributed by atoms with Crippen LogP contribution in [0.15, 0.2) is 114 Å². The van der Waals surface area contributed by atoms with Crippen LogP contribution in [0.5, 0.6) is 0 Å². The lowest BCUT2D eigenvalue weighted by atomic mass is 9.66. The van der Waals surface area contributed by atoms with Gasteiger partial charge in [-0.15, -0.1) is 0 Å². The number of para-hydroxylation sites is 1. The Balaban J connectivity index is 1.15. The molecule has 0 bridgehead atoms. The number of hydrogen-bond donors (Lipinski definition) is 0. The molecule has 234 valence electrons. The zero-order chi connectivity index (χ0) is 32.5. The molecule has 2 aromatic heterocycles. The summed E-state index contributed by atoms with van der Waals surface area (Å²) in [6, 6.07) is 38.4. The molecule has 1 fully saturated rings. The molecule has 3 aliphatic carbocycles. The van der Waals surface area contributed by atoms with Crippen LogP contribution in [0.1, 0.15) is 71.7 Å². The molecule has 2 heterocycles. The van der Waals surface area contributed by atoms with E-state index in [1.807, 2.05) is 30.3 Å². The Morgan fingerprint density at radius 1 is 0.694 bits per heavy atom. The van der Waals surface area contributed by atoms with E-state index in [1.54, 1.807) is 0 Å². The molecule has 1 saturated carbocycles. The summed E-state index contributed by atoms with van der Waals surface area (Å²) in [5.41, 5.74) is 11.7. The van der Waals surface area contributed by atoms with Gasteiger partial charge in [0.1, 0.15) is 17.0 Å². The van der Waals surface area contributed by atoms with Crippen LogP contribution in [-0.2, 0) is 11.8 Å². The fraction of sp³-hybridized carbons (Fsp3) is 0.182. The second-order valence-electron chi connectivity index (χ2n) is 13.8. The van der Waals surface area contributed by atoms with Gasteiger partial charge in [0, 0.05) is 33.2 Å². The van der Waals surface area contributed by atoms with Gasteiger partial charge in [-0.2, -0.15) is 5.26 Å². The first-order valence-electron chi connectivity index (χ1n) is 17.3. The lowest BCUT2D eigenvalue weighted by molar-refractivity contribution is 0.352. The summed E-state index contributed by atoms with van der Waals surface area (Å²) < 4.78 is 6.27. The number of aromatic nitrogens is 3. The van der Waals surface area contributed by atoms with E-state index < -0.39 is 0 Å². The van der Waals surface area contributed by atoms with Crippen molar-refractivity contribution in [3.05, 3.63) is 143 Å². The first-order valence-corrected chi connectivity index (χ1v) is 17.3. The van der Waals surface area contributed by atoms with Gasteiger partial charge in [0.25, 0.3) is 0 Å². The minimum absolute atomic E-state index is 0.0203. The molecular formula is C44H32N4O. The summed E-state index contributed by atoms with van der Waals surface area (Å²) in [6.07, 6.45) is 10.9. The molecule has 5 heteroatoms. The minimum Gasteiger partial charge on any atom is -0.456 e. The number of furan rings is 1. The maximum absolute atomic E-state index is 10.2. The predicted octanol–water partition coefficient (Wildman–Crippen LogP) is 10.6. The number of fused-ring (bicyclic) bond motifs is 9. The maximum atomic E-state index is 10.2. The van der Waals surface area contributed by atoms with Crippen molar-refractivity contribution in [1.82, 2.24) is 15.0 Å². The van der Waals surface area contributed by atoms with E-state index >= 15 is 0 Å². The zero-order valence-corrected chi connectivity index (χ0v) is 27.0. The lowest BCUT2D eigenvalue weighted by Gasteiger charge is -2.36. The Morgan fingerprint density at radius 2 is 1.47 bits per heavy atom. The maximum Gasteiger partial charge on any atom is 0.163 e. The largest absolute Gasteiger partial charge is 0.456 e. The average molecular weight is 633 g/mol. The van der Waals surface area contributed by atoms with E-state index in [0.717, 1.165) is 76.6 Å². The summed E-state index contributed by atoms with van der Waals surface area (Å²) in [6.45, 7) is 0. The van der Waals surface area contributed by atoms with Gasteiger partial charge in [0.2, 0.25) is 0 Å². The van der Waals surface area contributed by atoms with E-state index in [-0.39, 0.29) is 11.3 Å². The van der Waals surface area contributed by atoms with Crippen molar-refractivity contribution >= 4 is 28.0 Å². The fourth-order valence-corrected chi connectivity index (χ4v) is 8.78. The molecule has 0 amide bonds. The molecule has 1 unspecified atom stereocenters. The normalized spacial score (nSPS) is 17.2. The average Bonchev–Trinajstić information content (AvgIpc) is 3.67. The van der Waals surface area contributed by atoms with Crippen molar-refractivity contribution in [1.29, 1.82) is 5.26 Å². The number of allylic oxidation sites excluding steroid dienone is 1. The number of rotatable bonds is 3. The highest BCUT2D eigenvalue weighted by Gasteiger charge is 2.45. The van der Waals surface area contributed by atoms with E-state index in [9.17, 15) is 5.26 Å². The Morgan fingerprint density at radius 3 is 2.35 bits per heavy atom. The van der Waals surface area contributed by atoms with E-state index in [0.29, 0.717) is 11.6 Å². The Bertz CT molecular complexity index is 2550. The fourth-order valence-electron chi connectivity index (χ4n) is 8.78. The number of nitrogens with zero attached hydrogens (tertiary/aromatic N) is 4. The van der Waals surface area contributed by atoms with Gasteiger partial charge in [0.05, 0.1) is 11.6 Å². The summed E-state index contributed by atoms with van der Waals surface area (Å²) in [4.78, 5) is 15.5. The highest BCUT2D eigenvalue weighted by molar-refractivity contribution is 6.05. The quantitative estimate of drug-likeness (QED) is 0.194. The van der Waals surface area contributed by atoms with Gasteiger partial charge in [-0.25, -0.2) is 15.0 Å². The van der Waals surface area contributed by atoms with Crippen LogP contribution in [0, 0.1) is 11.3 Å². The highest BCUT2D eigenvalue weighted by atomic mass is 16.3. The monoisotopic (exact) mass is 632 g/mol. The SMILES string of the molecule is N#Cc1cccc2c1C1(CCCCC1)c1cc(-c3nc(-c4ccc5c(c4)oc4ccccc45)nc(C4C=Cc5ccccc5C4)n3)ccc1-2. The van der Waals surface area contributed by atoms with Gasteiger partial charge in [-0.1, -0.05) is 104 Å². The lowest BCUT2D eigenvalue weighted by Crippen LogP contribution is -2.29. The Hall–Kier alpha value is -5.86. The van der Waals surface area contributed by atoms with Crippen molar-refractivity contribution in [2.24, 2.45) is 0 Å². The first kappa shape index (κ1) is 28.2. The number of hydrogen-bond acceptors (Lipinski definition) is 5. The minimum atomic E-state index is -0.161. The first-order chi connectivity index (χ1) is 24.2. The summed E-state index contributed by atoms with van der Waals surface area (Å²) in [5.74, 6) is 2.09. The van der Waals surface area contributed by atoms with Gasteiger partial charge in [-0.05, 0) is 83.0 Å². The van der Waals surface area contributed by atoms with Crippen molar-refractivity contribution < 1.29 is 4.42 Å². The summed E-state index contributed by atoms with van der Waals surface area (Å²) in [7, 11) is 0. The number of benzene rings is 5. The third kappa shape index (κ3) is 4.34. The molecule has 1 spiro atoms. The van der Waals surface area contributed by atoms with Crippen LogP contribution >= 0.6 is 0 Å². The zero-order valence-electron chi connectivity index (χ0n) is 27.0. The van der Waals surface area contributed by atoms with Gasteiger partial charge < -0.3 is 4.42 Å². The third-order valence-electron chi connectivity index (χ3n) is 11.1. The van der Waals surface area contributed by atoms with Crippen molar-refractivity contribution in [2.45, 2.75) is 49.9 Å². The molecule has 7 aromatic rings. The molecule has 0 aliphatic heterocycles. The molecule has 5 aromatic carbocycles. The van der Waals surface area contributed by atoms with Gasteiger partial charge in [-0.3, -0.25) is 0 Å². The van der Waals surface area contributed by atoms with Gasteiger partial charge in [0.15, 0.2) is 11.6 Å². The van der Waals surface area contributed by atoms with Crippen molar-refractivity contribution in [3.63, 3.8) is 0 Å². The van der Waals surface area contributed by atoms with Gasteiger partial charge >= 0.3 is 0 Å². The standard InChI is InChI=1S/C44H32N4O/c45-26-32-11-8-13-36-33-19-17-30(24-37(33)44(40(32)36)21-6-1-7-22-44)42-46-41(29-16-15-27-9-2-3-10-28(27)23-29)47-43(48-42)31-18-20-35-34-12-4-5-14-38(34)49-39(35)25-31/h2-5,8-20,24-25,29H,1,6-7,21-23H2. The second kappa shape index (κ2) is 10.8. The van der Waals surface area contributed by atoms with E-state index in [2.05, 4.69) is 91.0 Å². The molecule has 3 aliphatic rings. The molecule has 0 N–H and O–H groups in total. The molecule has 0 radical (unpaired) electrons.